The van der Waals surface area contributed by atoms with Crippen molar-refractivity contribution in [2.45, 2.75) is 19.5 Å². The van der Waals surface area contributed by atoms with Gasteiger partial charge in [-0.05, 0) is 6.54 Å². The van der Waals surface area contributed by atoms with Crippen LogP contribution in [0.2, 0.25) is 0 Å². The summed E-state index contributed by atoms with van der Waals surface area (Å²) in [6, 6.07) is -0.0533. The van der Waals surface area contributed by atoms with E-state index >= 15 is 0 Å². The Morgan fingerprint density at radius 1 is 1.67 bits per heavy atom. The van der Waals surface area contributed by atoms with Crippen LogP contribution < -0.4 is 0 Å². The molecule has 0 aromatic carbocycles. The lowest BCUT2D eigenvalue weighted by Gasteiger charge is -2.28. The van der Waals surface area contributed by atoms with Crippen molar-refractivity contribution in [1.29, 1.82) is 0 Å². The van der Waals surface area contributed by atoms with Gasteiger partial charge in [0.25, 0.3) is 0 Å². The first-order valence-corrected chi connectivity index (χ1v) is 6.13. The number of carboxylic acid groups (broad SMARTS) is 1. The van der Waals surface area contributed by atoms with Gasteiger partial charge in [-0.25, -0.2) is 4.98 Å². The fourth-order valence-electron chi connectivity index (χ4n) is 2.35. The molecule has 1 fully saturated rings. The summed E-state index contributed by atoms with van der Waals surface area (Å²) in [6.07, 6.45) is 3.57. The van der Waals surface area contributed by atoms with Gasteiger partial charge in [-0.3, -0.25) is 9.69 Å². The quantitative estimate of drug-likeness (QED) is 0.819. The predicted octanol–water partition coefficient (Wildman–Crippen LogP) is 0.342. The molecular formula is C12H19N3O3. The highest BCUT2D eigenvalue weighted by molar-refractivity contribution is 5.71. The van der Waals surface area contributed by atoms with E-state index in [0.29, 0.717) is 19.8 Å². The lowest BCUT2D eigenvalue weighted by atomic mass is 10.0. The Labute approximate surface area is 106 Å². The lowest BCUT2D eigenvalue weighted by molar-refractivity contribution is -0.143. The molecule has 2 atom stereocenters. The third-order valence-electron chi connectivity index (χ3n) is 3.52. The summed E-state index contributed by atoms with van der Waals surface area (Å²) >= 11 is 0. The molecule has 1 aliphatic heterocycles. The van der Waals surface area contributed by atoms with Crippen LogP contribution >= 0.6 is 0 Å². The Bertz CT molecular complexity index is 418. The molecule has 0 aliphatic carbocycles. The van der Waals surface area contributed by atoms with Gasteiger partial charge in [-0.2, -0.15) is 0 Å². The molecule has 6 nitrogen and oxygen atoms in total. The summed E-state index contributed by atoms with van der Waals surface area (Å²) in [7, 11) is 1.94. The average molecular weight is 253 g/mol. The fourth-order valence-corrected chi connectivity index (χ4v) is 2.35. The van der Waals surface area contributed by atoms with Crippen LogP contribution in [0.1, 0.15) is 12.6 Å². The molecule has 1 aromatic heterocycles. The van der Waals surface area contributed by atoms with Crippen LogP contribution in [-0.4, -0.2) is 51.3 Å². The van der Waals surface area contributed by atoms with Gasteiger partial charge in [0.2, 0.25) is 0 Å². The molecule has 2 heterocycles. The first-order chi connectivity index (χ1) is 8.63. The first-order valence-electron chi connectivity index (χ1n) is 6.13. The standard InChI is InChI=1S/C12H19N3O3/c1-3-15(5-9-4-13-8-14(9)2)11-7-18-6-10(11)12(16)17/h4,8,10-11H,3,5-7H2,1-2H3,(H,16,17). The van der Waals surface area contributed by atoms with Crippen molar-refractivity contribution >= 4 is 5.97 Å². The number of imidazole rings is 1. The molecule has 2 rings (SSSR count). The van der Waals surface area contributed by atoms with E-state index in [1.54, 1.807) is 6.33 Å². The third kappa shape index (κ3) is 2.54. The summed E-state index contributed by atoms with van der Waals surface area (Å²) in [4.78, 5) is 17.4. The average Bonchev–Trinajstić information content (AvgIpc) is 2.95. The van der Waals surface area contributed by atoms with Gasteiger partial charge in [0.05, 0.1) is 31.2 Å². The molecule has 18 heavy (non-hydrogen) atoms. The highest BCUT2D eigenvalue weighted by Crippen LogP contribution is 2.21. The van der Waals surface area contributed by atoms with Crippen molar-refractivity contribution in [3.05, 3.63) is 18.2 Å². The zero-order valence-corrected chi connectivity index (χ0v) is 10.7. The van der Waals surface area contributed by atoms with Crippen molar-refractivity contribution in [2.75, 3.05) is 19.8 Å². The van der Waals surface area contributed by atoms with Crippen LogP contribution in [0.3, 0.4) is 0 Å². The minimum atomic E-state index is -0.777. The van der Waals surface area contributed by atoms with E-state index in [-0.39, 0.29) is 6.04 Å². The second kappa shape index (κ2) is 5.49. The van der Waals surface area contributed by atoms with Gasteiger partial charge in [-0.15, -0.1) is 0 Å². The number of aliphatic carboxylic acids is 1. The van der Waals surface area contributed by atoms with E-state index < -0.39 is 11.9 Å². The van der Waals surface area contributed by atoms with Crippen LogP contribution in [0.25, 0.3) is 0 Å². The van der Waals surface area contributed by atoms with Crippen molar-refractivity contribution < 1.29 is 14.6 Å². The largest absolute Gasteiger partial charge is 0.481 e. The van der Waals surface area contributed by atoms with Crippen molar-refractivity contribution in [2.24, 2.45) is 13.0 Å². The van der Waals surface area contributed by atoms with Gasteiger partial charge in [-0.1, -0.05) is 6.92 Å². The maximum atomic E-state index is 11.2. The van der Waals surface area contributed by atoms with E-state index in [1.165, 1.54) is 0 Å². The van der Waals surface area contributed by atoms with Gasteiger partial charge < -0.3 is 14.4 Å². The zero-order valence-electron chi connectivity index (χ0n) is 10.7. The van der Waals surface area contributed by atoms with E-state index in [4.69, 9.17) is 4.74 Å². The van der Waals surface area contributed by atoms with Crippen molar-refractivity contribution in [1.82, 2.24) is 14.5 Å². The monoisotopic (exact) mass is 253 g/mol. The highest BCUT2D eigenvalue weighted by atomic mass is 16.5. The van der Waals surface area contributed by atoms with E-state index in [9.17, 15) is 9.90 Å². The Hall–Kier alpha value is -1.40. The second-order valence-electron chi connectivity index (χ2n) is 4.61. The normalized spacial score (nSPS) is 23.7. The lowest BCUT2D eigenvalue weighted by Crippen LogP contribution is -2.42. The van der Waals surface area contributed by atoms with Gasteiger partial charge in [0.15, 0.2) is 0 Å². The van der Waals surface area contributed by atoms with Crippen molar-refractivity contribution in [3.8, 4) is 0 Å². The van der Waals surface area contributed by atoms with E-state index in [2.05, 4.69) is 9.88 Å². The highest BCUT2D eigenvalue weighted by Gasteiger charge is 2.37. The van der Waals surface area contributed by atoms with Gasteiger partial charge in [0, 0.05) is 25.8 Å². The molecule has 100 valence electrons. The molecule has 0 bridgehead atoms. The predicted molar refractivity (Wildman–Crippen MR) is 65.0 cm³/mol. The molecule has 2 unspecified atom stereocenters. The molecule has 0 spiro atoms. The zero-order chi connectivity index (χ0) is 13.1. The summed E-state index contributed by atoms with van der Waals surface area (Å²) < 4.78 is 7.27. The Balaban J connectivity index is 2.09. The third-order valence-corrected chi connectivity index (χ3v) is 3.52. The first kappa shape index (κ1) is 13.0. The number of ether oxygens (including phenoxy) is 1. The fraction of sp³-hybridized carbons (Fsp3) is 0.667. The number of aromatic nitrogens is 2. The maximum absolute atomic E-state index is 11.2. The van der Waals surface area contributed by atoms with Crippen molar-refractivity contribution in [3.63, 3.8) is 0 Å². The molecule has 0 amide bonds. The molecule has 1 aromatic rings. The smallest absolute Gasteiger partial charge is 0.310 e. The summed E-state index contributed by atoms with van der Waals surface area (Å²) in [5, 5.41) is 9.18. The van der Waals surface area contributed by atoms with E-state index in [0.717, 1.165) is 12.2 Å². The van der Waals surface area contributed by atoms with Crippen LogP contribution in [-0.2, 0) is 23.1 Å². The summed E-state index contributed by atoms with van der Waals surface area (Å²) in [6.45, 7) is 4.33. The Kier molecular flexibility index (Phi) is 3.98. The number of rotatable bonds is 5. The molecule has 0 saturated carbocycles. The number of carbonyl (C=O) groups is 1. The van der Waals surface area contributed by atoms with Gasteiger partial charge >= 0.3 is 5.97 Å². The maximum Gasteiger partial charge on any atom is 0.310 e. The second-order valence-corrected chi connectivity index (χ2v) is 4.61. The number of hydrogen-bond acceptors (Lipinski definition) is 4. The Morgan fingerprint density at radius 2 is 2.44 bits per heavy atom. The van der Waals surface area contributed by atoms with Gasteiger partial charge in [0.1, 0.15) is 0 Å². The summed E-state index contributed by atoms with van der Waals surface area (Å²) in [5.41, 5.74) is 1.08. The molecule has 6 heteroatoms. The van der Waals surface area contributed by atoms with E-state index in [1.807, 2.05) is 24.7 Å². The molecule has 1 aliphatic rings. The number of aryl methyl sites for hydroxylation is 1. The van der Waals surface area contributed by atoms with Crippen LogP contribution in [0, 0.1) is 5.92 Å². The van der Waals surface area contributed by atoms with Crippen LogP contribution in [0.4, 0.5) is 0 Å². The molecule has 0 radical (unpaired) electrons. The van der Waals surface area contributed by atoms with Crippen LogP contribution in [0.15, 0.2) is 12.5 Å². The summed E-state index contributed by atoms with van der Waals surface area (Å²) in [5.74, 6) is -1.21. The molecule has 1 N–H and O–H groups in total. The minimum Gasteiger partial charge on any atom is -0.481 e. The SMILES string of the molecule is CCN(Cc1cncn1C)C1COCC1C(=O)O. The molecular weight excluding hydrogens is 234 g/mol. The number of nitrogens with zero attached hydrogens (tertiary/aromatic N) is 3. The topological polar surface area (TPSA) is 67.6 Å². The number of carboxylic acids is 1. The molecule has 1 saturated heterocycles. The number of likely N-dealkylation sites (N-methyl/N-ethyl adjacent to an activating group) is 1. The Morgan fingerprint density at radius 3 is 3.00 bits per heavy atom. The number of hydrogen-bond donors (Lipinski definition) is 1. The van der Waals surface area contributed by atoms with Crippen LogP contribution in [0.5, 0.6) is 0 Å². The minimum absolute atomic E-state index is 0.0533.